The summed E-state index contributed by atoms with van der Waals surface area (Å²) >= 11 is 1.69. The lowest BCUT2D eigenvalue weighted by Gasteiger charge is -2.24. The molecule has 0 radical (unpaired) electrons. The van der Waals surface area contributed by atoms with Gasteiger partial charge in [0, 0.05) is 22.5 Å². The van der Waals surface area contributed by atoms with Gasteiger partial charge in [-0.25, -0.2) is 0 Å². The number of carbonyl (C=O) groups is 2. The molecule has 1 amide bonds. The first-order valence-electron chi connectivity index (χ1n) is 9.38. The van der Waals surface area contributed by atoms with Gasteiger partial charge in [-0.1, -0.05) is 36.4 Å². The summed E-state index contributed by atoms with van der Waals surface area (Å²) in [6.07, 6.45) is 2.02. The Bertz CT molecular complexity index is 936. The van der Waals surface area contributed by atoms with Crippen molar-refractivity contribution >= 4 is 23.0 Å². The minimum Gasteiger partial charge on any atom is -0.484 e. The number of ketones is 1. The summed E-state index contributed by atoms with van der Waals surface area (Å²) in [5.41, 5.74) is 1.25. The fourth-order valence-corrected chi connectivity index (χ4v) is 4.40. The van der Waals surface area contributed by atoms with Crippen LogP contribution in [0.15, 0.2) is 72.1 Å². The Morgan fingerprint density at radius 1 is 0.964 bits per heavy atom. The number of thiophene rings is 1. The molecule has 4 rings (SSSR count). The first kappa shape index (κ1) is 18.4. The minimum atomic E-state index is -0.0286. The molecule has 3 aromatic rings. The van der Waals surface area contributed by atoms with Crippen molar-refractivity contribution in [2.24, 2.45) is 0 Å². The normalized spacial score (nSPS) is 16.1. The molecule has 1 fully saturated rings. The fourth-order valence-electron chi connectivity index (χ4n) is 3.53. The molecule has 0 N–H and O–H groups in total. The molecule has 1 saturated heterocycles. The van der Waals surface area contributed by atoms with Crippen LogP contribution in [0.1, 0.15) is 39.7 Å². The smallest absolute Gasteiger partial charge is 0.261 e. The molecule has 0 spiro atoms. The molecule has 0 bridgehead atoms. The molecule has 28 heavy (non-hydrogen) atoms. The van der Waals surface area contributed by atoms with Gasteiger partial charge < -0.3 is 9.64 Å². The molecule has 2 aromatic carbocycles. The number of hydrogen-bond acceptors (Lipinski definition) is 4. The van der Waals surface area contributed by atoms with E-state index in [2.05, 4.69) is 6.07 Å². The predicted octanol–water partition coefficient (Wildman–Crippen LogP) is 4.72. The zero-order chi connectivity index (χ0) is 19.3. The van der Waals surface area contributed by atoms with Crippen molar-refractivity contribution in [3.63, 3.8) is 0 Å². The highest BCUT2D eigenvalue weighted by molar-refractivity contribution is 7.10. The number of hydrogen-bond donors (Lipinski definition) is 0. The minimum absolute atomic E-state index is 0.000313. The van der Waals surface area contributed by atoms with Gasteiger partial charge in [0.15, 0.2) is 12.4 Å². The predicted molar refractivity (Wildman–Crippen MR) is 110 cm³/mol. The lowest BCUT2D eigenvalue weighted by molar-refractivity contribution is -0.134. The van der Waals surface area contributed by atoms with Crippen molar-refractivity contribution in [3.05, 3.63) is 88.1 Å². The van der Waals surface area contributed by atoms with E-state index in [0.717, 1.165) is 19.4 Å². The van der Waals surface area contributed by atoms with E-state index in [0.29, 0.717) is 16.9 Å². The third-order valence-corrected chi connectivity index (χ3v) is 5.93. The summed E-state index contributed by atoms with van der Waals surface area (Å²) in [5, 5.41) is 2.05. The van der Waals surface area contributed by atoms with E-state index in [9.17, 15) is 9.59 Å². The Balaban J connectivity index is 1.36. The Kier molecular flexibility index (Phi) is 5.53. The summed E-state index contributed by atoms with van der Waals surface area (Å²) in [7, 11) is 0. The number of carbonyl (C=O) groups excluding carboxylic acids is 2. The van der Waals surface area contributed by atoms with Crippen molar-refractivity contribution in [3.8, 4) is 5.75 Å². The van der Waals surface area contributed by atoms with Gasteiger partial charge >= 0.3 is 0 Å². The number of ether oxygens (including phenoxy) is 1. The third kappa shape index (κ3) is 3.99. The molecule has 1 aliphatic rings. The van der Waals surface area contributed by atoms with Gasteiger partial charge in [0.05, 0.1) is 6.04 Å². The summed E-state index contributed by atoms with van der Waals surface area (Å²) in [4.78, 5) is 28.2. The highest BCUT2D eigenvalue weighted by Gasteiger charge is 2.30. The van der Waals surface area contributed by atoms with Crippen LogP contribution in [-0.4, -0.2) is 29.7 Å². The number of benzene rings is 2. The second-order valence-electron chi connectivity index (χ2n) is 6.77. The van der Waals surface area contributed by atoms with Crippen LogP contribution in [0.4, 0.5) is 0 Å². The van der Waals surface area contributed by atoms with Crippen LogP contribution >= 0.6 is 11.3 Å². The number of rotatable bonds is 6. The molecule has 0 aliphatic carbocycles. The maximum Gasteiger partial charge on any atom is 0.261 e. The topological polar surface area (TPSA) is 46.6 Å². The van der Waals surface area contributed by atoms with Gasteiger partial charge in [0.25, 0.3) is 5.91 Å². The first-order chi connectivity index (χ1) is 13.7. The van der Waals surface area contributed by atoms with Crippen LogP contribution < -0.4 is 4.74 Å². The molecule has 0 unspecified atom stereocenters. The maximum absolute atomic E-state index is 12.6. The molecule has 1 atom stereocenters. The molecular weight excluding hydrogens is 370 g/mol. The molecule has 1 aliphatic heterocycles. The monoisotopic (exact) mass is 391 g/mol. The zero-order valence-electron chi connectivity index (χ0n) is 15.4. The Morgan fingerprint density at radius 3 is 2.43 bits per heavy atom. The summed E-state index contributed by atoms with van der Waals surface area (Å²) in [6.45, 7) is 0.781. The van der Waals surface area contributed by atoms with Crippen molar-refractivity contribution < 1.29 is 14.3 Å². The van der Waals surface area contributed by atoms with Crippen LogP contribution in [-0.2, 0) is 4.79 Å². The molecule has 2 heterocycles. The number of nitrogens with zero attached hydrogens (tertiary/aromatic N) is 1. The molecule has 1 aromatic heterocycles. The molecule has 5 heteroatoms. The molecule has 4 nitrogen and oxygen atoms in total. The highest BCUT2D eigenvalue weighted by atomic mass is 32.1. The van der Waals surface area contributed by atoms with Gasteiger partial charge in [-0.3, -0.25) is 9.59 Å². The van der Waals surface area contributed by atoms with Crippen molar-refractivity contribution in [2.75, 3.05) is 13.2 Å². The van der Waals surface area contributed by atoms with Crippen LogP contribution in [0.2, 0.25) is 0 Å². The third-order valence-electron chi connectivity index (χ3n) is 4.96. The largest absolute Gasteiger partial charge is 0.484 e. The van der Waals surface area contributed by atoms with E-state index in [4.69, 9.17) is 4.74 Å². The van der Waals surface area contributed by atoms with E-state index in [1.54, 1.807) is 47.7 Å². The van der Waals surface area contributed by atoms with Crippen LogP contribution in [0.25, 0.3) is 0 Å². The fraction of sp³-hybridized carbons (Fsp3) is 0.217. The Hall–Kier alpha value is -2.92. The van der Waals surface area contributed by atoms with Gasteiger partial charge in [-0.15, -0.1) is 11.3 Å². The van der Waals surface area contributed by atoms with E-state index < -0.39 is 0 Å². The second-order valence-corrected chi connectivity index (χ2v) is 7.75. The SMILES string of the molecule is O=C(c1ccccc1)c1ccc(OCC(=O)N2CCC[C@@H]2c2cccs2)cc1. The quantitative estimate of drug-likeness (QED) is 0.571. The highest BCUT2D eigenvalue weighted by Crippen LogP contribution is 2.34. The van der Waals surface area contributed by atoms with E-state index in [1.165, 1.54) is 4.88 Å². The van der Waals surface area contributed by atoms with Crippen LogP contribution in [0.5, 0.6) is 5.75 Å². The average Bonchev–Trinajstić information content (AvgIpc) is 3.44. The van der Waals surface area contributed by atoms with Gasteiger partial charge in [0.2, 0.25) is 0 Å². The molecule has 142 valence electrons. The Morgan fingerprint density at radius 2 is 1.71 bits per heavy atom. The number of likely N-dealkylation sites (tertiary alicyclic amines) is 1. The lowest BCUT2D eigenvalue weighted by Crippen LogP contribution is -2.34. The first-order valence-corrected chi connectivity index (χ1v) is 10.3. The Labute approximate surface area is 168 Å². The summed E-state index contributed by atoms with van der Waals surface area (Å²) < 4.78 is 5.69. The molecule has 0 saturated carbocycles. The van der Waals surface area contributed by atoms with Crippen molar-refractivity contribution in [1.29, 1.82) is 0 Å². The van der Waals surface area contributed by atoms with Crippen LogP contribution in [0, 0.1) is 0 Å². The number of amides is 1. The standard InChI is InChI=1S/C23H21NO3S/c25-22(24-14-4-8-20(24)21-9-5-15-28-21)16-27-19-12-10-18(11-13-19)23(26)17-6-2-1-3-7-17/h1-3,5-7,9-13,15,20H,4,8,14,16H2/t20-/m1/s1. The van der Waals surface area contributed by atoms with E-state index in [-0.39, 0.29) is 24.3 Å². The van der Waals surface area contributed by atoms with E-state index in [1.807, 2.05) is 34.5 Å². The van der Waals surface area contributed by atoms with Crippen molar-refractivity contribution in [2.45, 2.75) is 18.9 Å². The summed E-state index contributed by atoms with van der Waals surface area (Å²) in [5.74, 6) is 0.559. The maximum atomic E-state index is 12.6. The average molecular weight is 391 g/mol. The lowest BCUT2D eigenvalue weighted by atomic mass is 10.0. The van der Waals surface area contributed by atoms with Gasteiger partial charge in [-0.05, 0) is 48.6 Å². The molecular formula is C23H21NO3S. The second kappa shape index (κ2) is 8.40. The summed E-state index contributed by atoms with van der Waals surface area (Å²) in [6, 6.07) is 20.4. The van der Waals surface area contributed by atoms with E-state index >= 15 is 0 Å². The van der Waals surface area contributed by atoms with Crippen LogP contribution in [0.3, 0.4) is 0 Å². The zero-order valence-corrected chi connectivity index (χ0v) is 16.2. The van der Waals surface area contributed by atoms with Gasteiger partial charge in [-0.2, -0.15) is 0 Å². The van der Waals surface area contributed by atoms with Crippen molar-refractivity contribution in [1.82, 2.24) is 4.90 Å². The van der Waals surface area contributed by atoms with Gasteiger partial charge in [0.1, 0.15) is 5.75 Å².